The zero-order valence-electron chi connectivity index (χ0n) is 12.1. The first kappa shape index (κ1) is 16.4. The molecule has 1 atom stereocenters. The highest BCUT2D eigenvalue weighted by atomic mass is 32.2. The smallest absolute Gasteiger partial charge is 0.150 e. The van der Waals surface area contributed by atoms with Gasteiger partial charge in [-0.05, 0) is 6.07 Å². The van der Waals surface area contributed by atoms with Crippen LogP contribution in [0.4, 0.5) is 10.1 Å². The quantitative estimate of drug-likeness (QED) is 0.732. The van der Waals surface area contributed by atoms with Crippen LogP contribution in [0.3, 0.4) is 0 Å². The minimum absolute atomic E-state index is 0.225. The molecule has 1 heterocycles. The van der Waals surface area contributed by atoms with Crippen molar-refractivity contribution in [1.82, 2.24) is 4.90 Å². The second kappa shape index (κ2) is 7.84. The molecular weight excluding hydrogens is 295 g/mol. The van der Waals surface area contributed by atoms with E-state index in [0.717, 1.165) is 32.7 Å². The van der Waals surface area contributed by atoms with Gasteiger partial charge in [-0.1, -0.05) is 23.2 Å². The number of piperazine rings is 1. The molecule has 0 radical (unpaired) electrons. The summed E-state index contributed by atoms with van der Waals surface area (Å²) >= 11 is -2.28. The predicted octanol–water partition coefficient (Wildman–Crippen LogP) is 0.973. The van der Waals surface area contributed by atoms with E-state index in [0.29, 0.717) is 12.3 Å². The van der Waals surface area contributed by atoms with E-state index in [9.17, 15) is 13.2 Å². The first-order valence-electron chi connectivity index (χ1n) is 6.91. The van der Waals surface area contributed by atoms with Gasteiger partial charge >= 0.3 is 0 Å². The SMILES string of the molecule is COCCN1CCN(c2cccc(CS(=O)[O-])c2F)CC1. The second-order valence-corrected chi connectivity index (χ2v) is 5.92. The van der Waals surface area contributed by atoms with Crippen LogP contribution in [0, 0.1) is 5.82 Å². The molecule has 118 valence electrons. The fourth-order valence-corrected chi connectivity index (χ4v) is 2.96. The summed E-state index contributed by atoms with van der Waals surface area (Å²) in [7, 11) is 1.68. The summed E-state index contributed by atoms with van der Waals surface area (Å²) in [6.07, 6.45) is 0. The lowest BCUT2D eigenvalue weighted by atomic mass is 10.1. The predicted molar refractivity (Wildman–Crippen MR) is 79.6 cm³/mol. The summed E-state index contributed by atoms with van der Waals surface area (Å²) in [5, 5.41) is 0. The zero-order valence-corrected chi connectivity index (χ0v) is 12.9. The number of halogens is 1. The lowest BCUT2D eigenvalue weighted by Gasteiger charge is -2.36. The molecule has 0 saturated carbocycles. The first-order valence-corrected chi connectivity index (χ1v) is 8.15. The summed E-state index contributed by atoms with van der Waals surface area (Å²) < 4.78 is 40.9. The van der Waals surface area contributed by atoms with E-state index in [1.54, 1.807) is 19.2 Å². The monoisotopic (exact) mass is 315 g/mol. The van der Waals surface area contributed by atoms with Crippen LogP contribution in [0.5, 0.6) is 0 Å². The number of anilines is 1. The van der Waals surface area contributed by atoms with Gasteiger partial charge in [-0.3, -0.25) is 9.11 Å². The third-order valence-corrected chi connectivity index (χ3v) is 4.20. The summed E-state index contributed by atoms with van der Waals surface area (Å²) in [5.74, 6) is -0.708. The van der Waals surface area contributed by atoms with E-state index in [4.69, 9.17) is 4.74 Å². The maximum Gasteiger partial charge on any atom is 0.150 e. The Balaban J connectivity index is 2.01. The lowest BCUT2D eigenvalue weighted by molar-refractivity contribution is 0.144. The molecule has 21 heavy (non-hydrogen) atoms. The highest BCUT2D eigenvalue weighted by Crippen LogP contribution is 2.24. The van der Waals surface area contributed by atoms with Gasteiger partial charge < -0.3 is 14.2 Å². The number of hydrogen-bond acceptors (Lipinski definition) is 5. The lowest BCUT2D eigenvalue weighted by Crippen LogP contribution is -2.47. The van der Waals surface area contributed by atoms with Crippen LogP contribution in [-0.4, -0.2) is 60.1 Å². The van der Waals surface area contributed by atoms with Crippen LogP contribution in [0.1, 0.15) is 5.56 Å². The van der Waals surface area contributed by atoms with E-state index in [1.807, 2.05) is 4.90 Å². The summed E-state index contributed by atoms with van der Waals surface area (Å²) in [6.45, 7) is 4.72. The minimum Gasteiger partial charge on any atom is -0.772 e. The fraction of sp³-hybridized carbons (Fsp3) is 0.571. The standard InChI is InChI=1S/C14H21FN2O3S/c1-20-10-9-16-5-7-17(8-6-16)13-4-2-3-12(14(13)15)11-21(18)19/h2-4H,5-11H2,1H3,(H,18,19)/p-1. The Morgan fingerprint density at radius 1 is 1.33 bits per heavy atom. The van der Waals surface area contributed by atoms with Crippen LogP contribution in [-0.2, 0) is 21.6 Å². The molecule has 1 saturated heterocycles. The molecule has 7 heteroatoms. The Morgan fingerprint density at radius 2 is 2.05 bits per heavy atom. The van der Waals surface area contributed by atoms with Gasteiger partial charge in [0.1, 0.15) is 0 Å². The first-order chi connectivity index (χ1) is 10.1. The highest BCUT2D eigenvalue weighted by molar-refractivity contribution is 7.78. The van der Waals surface area contributed by atoms with Gasteiger partial charge in [0.2, 0.25) is 0 Å². The van der Waals surface area contributed by atoms with E-state index in [1.165, 1.54) is 6.07 Å². The number of rotatable bonds is 6. The van der Waals surface area contributed by atoms with Crippen molar-refractivity contribution in [2.24, 2.45) is 0 Å². The summed E-state index contributed by atoms with van der Waals surface area (Å²) in [5.41, 5.74) is 0.715. The number of nitrogens with zero attached hydrogens (tertiary/aromatic N) is 2. The van der Waals surface area contributed by atoms with E-state index in [2.05, 4.69) is 4.90 Å². The van der Waals surface area contributed by atoms with E-state index < -0.39 is 16.9 Å². The van der Waals surface area contributed by atoms with E-state index >= 15 is 0 Å². The maximum absolute atomic E-state index is 14.4. The third kappa shape index (κ3) is 4.47. The average molecular weight is 315 g/mol. The summed E-state index contributed by atoms with van der Waals surface area (Å²) in [4.78, 5) is 4.24. The molecule has 1 aromatic carbocycles. The summed E-state index contributed by atoms with van der Waals surface area (Å²) in [6, 6.07) is 4.93. The average Bonchev–Trinajstić information content (AvgIpc) is 2.47. The molecule has 0 bridgehead atoms. The highest BCUT2D eigenvalue weighted by Gasteiger charge is 2.20. The largest absolute Gasteiger partial charge is 0.772 e. The van der Waals surface area contributed by atoms with Crippen LogP contribution in [0.2, 0.25) is 0 Å². The molecule has 1 aliphatic heterocycles. The van der Waals surface area contributed by atoms with Crippen molar-refractivity contribution in [3.63, 3.8) is 0 Å². The Bertz CT molecular complexity index is 493. The van der Waals surface area contributed by atoms with Crippen LogP contribution in [0.25, 0.3) is 0 Å². The van der Waals surface area contributed by atoms with Gasteiger partial charge in [-0.15, -0.1) is 0 Å². The number of ether oxygens (including phenoxy) is 1. The fourth-order valence-electron chi connectivity index (χ4n) is 2.48. The Kier molecular flexibility index (Phi) is 6.10. The maximum atomic E-state index is 14.4. The van der Waals surface area contributed by atoms with Gasteiger partial charge in [0, 0.05) is 51.1 Å². The molecule has 1 fully saturated rings. The molecule has 0 amide bonds. The normalized spacial score (nSPS) is 18.0. The third-order valence-electron chi connectivity index (χ3n) is 3.66. The molecule has 0 aromatic heterocycles. The van der Waals surface area contributed by atoms with Crippen LogP contribution in [0.15, 0.2) is 18.2 Å². The molecule has 1 aliphatic rings. The van der Waals surface area contributed by atoms with Gasteiger partial charge in [0.15, 0.2) is 5.82 Å². The van der Waals surface area contributed by atoms with Crippen molar-refractivity contribution in [2.75, 3.05) is 51.3 Å². The molecule has 0 spiro atoms. The Morgan fingerprint density at radius 3 is 2.67 bits per heavy atom. The van der Waals surface area contributed by atoms with Gasteiger partial charge in [0.05, 0.1) is 12.3 Å². The van der Waals surface area contributed by atoms with Crippen molar-refractivity contribution in [3.05, 3.63) is 29.6 Å². The van der Waals surface area contributed by atoms with Gasteiger partial charge in [-0.2, -0.15) is 0 Å². The number of benzene rings is 1. The van der Waals surface area contributed by atoms with Crippen molar-refractivity contribution in [3.8, 4) is 0 Å². The van der Waals surface area contributed by atoms with Crippen molar-refractivity contribution in [1.29, 1.82) is 0 Å². The Labute approximate surface area is 127 Å². The van der Waals surface area contributed by atoms with Crippen molar-refractivity contribution >= 4 is 16.8 Å². The molecule has 0 N–H and O–H groups in total. The van der Waals surface area contributed by atoms with Gasteiger partial charge in [0.25, 0.3) is 0 Å². The van der Waals surface area contributed by atoms with Gasteiger partial charge in [-0.25, -0.2) is 4.39 Å². The zero-order chi connectivity index (χ0) is 15.2. The van der Waals surface area contributed by atoms with Crippen molar-refractivity contribution in [2.45, 2.75) is 5.75 Å². The Hall–Kier alpha value is -1.02. The molecule has 1 aromatic rings. The van der Waals surface area contributed by atoms with Crippen molar-refractivity contribution < 1.29 is 17.9 Å². The molecule has 2 rings (SSSR count). The molecule has 1 unspecified atom stereocenters. The second-order valence-electron chi connectivity index (χ2n) is 5.02. The topological polar surface area (TPSA) is 55.8 Å². The van der Waals surface area contributed by atoms with Crippen LogP contribution < -0.4 is 4.90 Å². The minimum atomic E-state index is -2.28. The molecule has 5 nitrogen and oxygen atoms in total. The number of methoxy groups -OCH3 is 1. The van der Waals surface area contributed by atoms with Crippen LogP contribution >= 0.6 is 0 Å². The molecule has 0 aliphatic carbocycles. The van der Waals surface area contributed by atoms with E-state index in [-0.39, 0.29) is 11.3 Å². The molecular formula is C14H20FN2O3S-. The number of hydrogen-bond donors (Lipinski definition) is 0.